The standard InChI is InChI=1S/C14H26N2O2/c1-6-10(4)7-11(5)15-12-8-13(17)16(9(2)3)14(12)18/h9-12,15H,6-8H2,1-5H3. The predicted octanol–water partition coefficient (Wildman–Crippen LogP) is 1.94. The summed E-state index contributed by atoms with van der Waals surface area (Å²) in [6, 6.07) is -0.0885. The van der Waals surface area contributed by atoms with Crippen LogP contribution < -0.4 is 5.32 Å². The summed E-state index contributed by atoms with van der Waals surface area (Å²) < 4.78 is 0. The molecule has 0 aromatic rings. The molecule has 3 unspecified atom stereocenters. The fraction of sp³-hybridized carbons (Fsp3) is 0.857. The summed E-state index contributed by atoms with van der Waals surface area (Å²) >= 11 is 0. The summed E-state index contributed by atoms with van der Waals surface area (Å²) in [4.78, 5) is 25.2. The molecule has 104 valence electrons. The molecule has 18 heavy (non-hydrogen) atoms. The highest BCUT2D eigenvalue weighted by Gasteiger charge is 2.40. The van der Waals surface area contributed by atoms with Crippen molar-refractivity contribution in [3.05, 3.63) is 0 Å². The number of likely N-dealkylation sites (tertiary alicyclic amines) is 1. The zero-order valence-corrected chi connectivity index (χ0v) is 12.2. The van der Waals surface area contributed by atoms with Gasteiger partial charge in [-0.3, -0.25) is 14.5 Å². The zero-order valence-electron chi connectivity index (χ0n) is 12.2. The third kappa shape index (κ3) is 3.55. The highest BCUT2D eigenvalue weighted by Crippen LogP contribution is 2.18. The summed E-state index contributed by atoms with van der Waals surface area (Å²) in [5, 5.41) is 3.30. The van der Waals surface area contributed by atoms with Gasteiger partial charge in [0.1, 0.15) is 0 Å². The van der Waals surface area contributed by atoms with Crippen LogP contribution in [0.25, 0.3) is 0 Å². The number of nitrogens with one attached hydrogen (secondary N) is 1. The minimum Gasteiger partial charge on any atom is -0.303 e. The first-order chi connectivity index (χ1) is 8.36. The van der Waals surface area contributed by atoms with Crippen LogP contribution in [0.2, 0.25) is 0 Å². The maximum absolute atomic E-state index is 12.1. The van der Waals surface area contributed by atoms with E-state index in [0.29, 0.717) is 12.3 Å². The van der Waals surface area contributed by atoms with Crippen LogP contribution in [-0.2, 0) is 9.59 Å². The number of carbonyl (C=O) groups is 2. The van der Waals surface area contributed by atoms with Gasteiger partial charge in [-0.2, -0.15) is 0 Å². The summed E-state index contributed by atoms with van der Waals surface area (Å²) in [6.45, 7) is 10.2. The van der Waals surface area contributed by atoms with Gasteiger partial charge in [0.15, 0.2) is 0 Å². The Hall–Kier alpha value is -0.900. The second kappa shape index (κ2) is 6.32. The van der Waals surface area contributed by atoms with Gasteiger partial charge < -0.3 is 5.32 Å². The van der Waals surface area contributed by atoms with Gasteiger partial charge in [0, 0.05) is 12.1 Å². The van der Waals surface area contributed by atoms with E-state index in [1.54, 1.807) is 0 Å². The van der Waals surface area contributed by atoms with Crippen molar-refractivity contribution in [3.8, 4) is 0 Å². The Balaban J connectivity index is 2.54. The third-order valence-electron chi connectivity index (χ3n) is 3.64. The molecule has 1 N–H and O–H groups in total. The van der Waals surface area contributed by atoms with Crippen LogP contribution in [0.5, 0.6) is 0 Å². The van der Waals surface area contributed by atoms with Crippen LogP contribution in [0.1, 0.15) is 53.9 Å². The Bertz CT molecular complexity index is 315. The third-order valence-corrected chi connectivity index (χ3v) is 3.64. The van der Waals surface area contributed by atoms with Crippen LogP contribution in [0, 0.1) is 5.92 Å². The monoisotopic (exact) mass is 254 g/mol. The Morgan fingerprint density at radius 3 is 2.33 bits per heavy atom. The van der Waals surface area contributed by atoms with Gasteiger partial charge in [-0.15, -0.1) is 0 Å². The molecule has 0 aromatic heterocycles. The van der Waals surface area contributed by atoms with E-state index in [4.69, 9.17) is 0 Å². The van der Waals surface area contributed by atoms with Crippen molar-refractivity contribution in [1.82, 2.24) is 10.2 Å². The second-order valence-corrected chi connectivity index (χ2v) is 5.77. The fourth-order valence-corrected chi connectivity index (χ4v) is 2.51. The van der Waals surface area contributed by atoms with E-state index in [9.17, 15) is 9.59 Å². The predicted molar refractivity (Wildman–Crippen MR) is 72.1 cm³/mol. The van der Waals surface area contributed by atoms with E-state index in [1.807, 2.05) is 13.8 Å². The smallest absolute Gasteiger partial charge is 0.247 e. The minimum atomic E-state index is -0.320. The Morgan fingerprint density at radius 2 is 1.89 bits per heavy atom. The highest BCUT2D eigenvalue weighted by molar-refractivity contribution is 6.05. The second-order valence-electron chi connectivity index (χ2n) is 5.77. The zero-order chi connectivity index (χ0) is 13.9. The van der Waals surface area contributed by atoms with Crippen LogP contribution in [0.3, 0.4) is 0 Å². The molecule has 1 fully saturated rings. The average Bonchev–Trinajstić information content (AvgIpc) is 2.53. The minimum absolute atomic E-state index is 0.0401. The van der Waals surface area contributed by atoms with Gasteiger partial charge in [-0.25, -0.2) is 0 Å². The maximum atomic E-state index is 12.1. The molecule has 4 nitrogen and oxygen atoms in total. The van der Waals surface area contributed by atoms with Gasteiger partial charge in [0.2, 0.25) is 11.8 Å². The Kier molecular flexibility index (Phi) is 5.32. The molecule has 2 amide bonds. The molecule has 0 radical (unpaired) electrons. The molecule has 3 atom stereocenters. The van der Waals surface area contributed by atoms with E-state index >= 15 is 0 Å². The molecule has 4 heteroatoms. The molecule has 0 aromatic carbocycles. The highest BCUT2D eigenvalue weighted by atomic mass is 16.2. The van der Waals surface area contributed by atoms with Crippen molar-refractivity contribution in [3.63, 3.8) is 0 Å². The molecule has 1 rings (SSSR count). The first-order valence-corrected chi connectivity index (χ1v) is 6.98. The quantitative estimate of drug-likeness (QED) is 0.737. The lowest BCUT2D eigenvalue weighted by Crippen LogP contribution is -2.44. The molecule has 0 aliphatic carbocycles. The molecule has 0 saturated carbocycles. The van der Waals surface area contributed by atoms with Gasteiger partial charge in [0.25, 0.3) is 0 Å². The topological polar surface area (TPSA) is 49.4 Å². The summed E-state index contributed by atoms with van der Waals surface area (Å²) in [7, 11) is 0. The van der Waals surface area contributed by atoms with Gasteiger partial charge in [0.05, 0.1) is 12.5 Å². The Labute approximate surface area is 110 Å². The lowest BCUT2D eigenvalue weighted by atomic mass is 9.99. The van der Waals surface area contributed by atoms with Crippen molar-refractivity contribution < 1.29 is 9.59 Å². The summed E-state index contributed by atoms with van der Waals surface area (Å²) in [6.07, 6.45) is 2.49. The van der Waals surface area contributed by atoms with Crippen molar-refractivity contribution in [2.24, 2.45) is 5.92 Å². The first-order valence-electron chi connectivity index (χ1n) is 6.98. The number of amides is 2. The number of hydrogen-bond acceptors (Lipinski definition) is 3. The van der Waals surface area contributed by atoms with E-state index in [0.717, 1.165) is 12.8 Å². The van der Waals surface area contributed by atoms with E-state index in [-0.39, 0.29) is 29.9 Å². The van der Waals surface area contributed by atoms with Gasteiger partial charge >= 0.3 is 0 Å². The van der Waals surface area contributed by atoms with Gasteiger partial charge in [-0.05, 0) is 33.1 Å². The first kappa shape index (κ1) is 15.2. The number of carbonyl (C=O) groups excluding carboxylic acids is 2. The molecule has 0 bridgehead atoms. The van der Waals surface area contributed by atoms with Crippen molar-refractivity contribution in [2.75, 3.05) is 0 Å². The van der Waals surface area contributed by atoms with Crippen LogP contribution >= 0.6 is 0 Å². The molecular formula is C14H26N2O2. The molecule has 1 aliphatic heterocycles. The molecule has 1 aliphatic rings. The number of rotatable bonds is 6. The largest absolute Gasteiger partial charge is 0.303 e. The Morgan fingerprint density at radius 1 is 1.28 bits per heavy atom. The lowest BCUT2D eigenvalue weighted by Gasteiger charge is -2.22. The summed E-state index contributed by atoms with van der Waals surface area (Å²) in [5.41, 5.74) is 0. The van der Waals surface area contributed by atoms with Crippen molar-refractivity contribution >= 4 is 11.8 Å². The van der Waals surface area contributed by atoms with Crippen LogP contribution in [0.15, 0.2) is 0 Å². The van der Waals surface area contributed by atoms with Gasteiger partial charge in [-0.1, -0.05) is 20.3 Å². The molecule has 1 saturated heterocycles. The van der Waals surface area contributed by atoms with E-state index in [1.165, 1.54) is 4.90 Å². The maximum Gasteiger partial charge on any atom is 0.247 e. The molecule has 1 heterocycles. The lowest BCUT2D eigenvalue weighted by molar-refractivity contribution is -0.140. The molecular weight excluding hydrogens is 228 g/mol. The molecule has 0 spiro atoms. The van der Waals surface area contributed by atoms with E-state index in [2.05, 4.69) is 26.1 Å². The van der Waals surface area contributed by atoms with E-state index < -0.39 is 0 Å². The van der Waals surface area contributed by atoms with Crippen LogP contribution in [-0.4, -0.2) is 34.8 Å². The number of hydrogen-bond donors (Lipinski definition) is 1. The SMILES string of the molecule is CCC(C)CC(C)NC1CC(=O)N(C(C)C)C1=O. The fourth-order valence-electron chi connectivity index (χ4n) is 2.51. The number of nitrogens with zero attached hydrogens (tertiary/aromatic N) is 1. The normalized spacial score (nSPS) is 23.9. The summed E-state index contributed by atoms with van der Waals surface area (Å²) in [5.74, 6) is 0.523. The average molecular weight is 254 g/mol. The number of imide groups is 1. The van der Waals surface area contributed by atoms with Crippen molar-refractivity contribution in [2.45, 2.75) is 72.0 Å². The van der Waals surface area contributed by atoms with Crippen molar-refractivity contribution in [1.29, 1.82) is 0 Å². The van der Waals surface area contributed by atoms with Crippen LogP contribution in [0.4, 0.5) is 0 Å².